The average molecular weight is 287 g/mol. The van der Waals surface area contributed by atoms with Crippen LogP contribution in [-0.4, -0.2) is 54.0 Å². The number of hydrogen-bond donors (Lipinski definition) is 1. The summed E-state index contributed by atoms with van der Waals surface area (Å²) in [5.74, 6) is 0.865. The van der Waals surface area contributed by atoms with Crippen LogP contribution >= 0.6 is 0 Å². The molecular weight excluding hydrogens is 270 g/mol. The van der Waals surface area contributed by atoms with Crippen LogP contribution in [0.5, 0.6) is 0 Å². The van der Waals surface area contributed by atoms with Crippen molar-refractivity contribution in [3.63, 3.8) is 0 Å². The van der Waals surface area contributed by atoms with Gasteiger partial charge in [0, 0.05) is 40.6 Å². The zero-order valence-electron chi connectivity index (χ0n) is 12.4. The lowest BCUT2D eigenvalue weighted by molar-refractivity contribution is 0.101. The molecule has 2 heterocycles. The van der Waals surface area contributed by atoms with E-state index in [0.717, 1.165) is 0 Å². The van der Waals surface area contributed by atoms with Crippen LogP contribution in [0.3, 0.4) is 0 Å². The molecule has 0 aromatic carbocycles. The molecule has 2 aromatic heterocycles. The fourth-order valence-electron chi connectivity index (χ4n) is 1.60. The lowest BCUT2D eigenvalue weighted by Crippen LogP contribution is -2.21. The molecule has 0 spiro atoms. The van der Waals surface area contributed by atoms with Gasteiger partial charge in [0.2, 0.25) is 11.8 Å². The quantitative estimate of drug-likeness (QED) is 0.883. The lowest BCUT2D eigenvalue weighted by Gasteiger charge is -2.19. The van der Waals surface area contributed by atoms with Gasteiger partial charge in [0.15, 0.2) is 5.82 Å². The van der Waals surface area contributed by atoms with E-state index in [1.54, 1.807) is 22.1 Å². The molecule has 0 unspecified atom stereocenters. The molecule has 0 aliphatic rings. The smallest absolute Gasteiger partial charge is 0.293 e. The number of carbonyl (C=O) groups excluding carboxylic acids is 1. The van der Waals surface area contributed by atoms with E-state index in [-0.39, 0.29) is 5.82 Å². The van der Waals surface area contributed by atoms with Crippen LogP contribution in [0.4, 0.5) is 17.5 Å². The van der Waals surface area contributed by atoms with Crippen molar-refractivity contribution >= 4 is 23.4 Å². The zero-order chi connectivity index (χ0) is 15.4. The largest absolute Gasteiger partial charge is 0.361 e. The summed E-state index contributed by atoms with van der Waals surface area (Å²) in [6, 6.07) is 1.65. The summed E-state index contributed by atoms with van der Waals surface area (Å²) in [5, 5.41) is 2.73. The lowest BCUT2D eigenvalue weighted by atomic mass is 10.4. The highest BCUT2D eigenvalue weighted by atomic mass is 16.2. The Hall–Kier alpha value is -2.77. The Morgan fingerprint density at radius 1 is 1.05 bits per heavy atom. The van der Waals surface area contributed by atoms with E-state index >= 15 is 0 Å². The first-order valence-corrected chi connectivity index (χ1v) is 6.29. The second-order valence-corrected chi connectivity index (χ2v) is 4.72. The SMILES string of the molecule is CN(C)c1ncc(NC(=O)c2ncccn2)c(N(C)C)n1. The third-order valence-electron chi connectivity index (χ3n) is 2.60. The van der Waals surface area contributed by atoms with Crippen molar-refractivity contribution in [2.75, 3.05) is 43.3 Å². The summed E-state index contributed by atoms with van der Waals surface area (Å²) in [4.78, 5) is 32.1. The molecule has 0 radical (unpaired) electrons. The van der Waals surface area contributed by atoms with E-state index in [1.807, 2.05) is 28.2 Å². The normalized spacial score (nSPS) is 10.1. The predicted molar refractivity (Wildman–Crippen MR) is 80.7 cm³/mol. The maximum atomic E-state index is 12.1. The second kappa shape index (κ2) is 6.12. The summed E-state index contributed by atoms with van der Waals surface area (Å²) in [6.07, 6.45) is 4.60. The average Bonchev–Trinajstić information content (AvgIpc) is 2.48. The second-order valence-electron chi connectivity index (χ2n) is 4.72. The molecule has 1 amide bonds. The summed E-state index contributed by atoms with van der Waals surface area (Å²) in [7, 11) is 7.39. The van der Waals surface area contributed by atoms with E-state index < -0.39 is 5.91 Å². The van der Waals surface area contributed by atoms with E-state index in [9.17, 15) is 4.79 Å². The van der Waals surface area contributed by atoms with Crippen LogP contribution < -0.4 is 15.1 Å². The van der Waals surface area contributed by atoms with Gasteiger partial charge in [-0.15, -0.1) is 0 Å². The fourth-order valence-corrected chi connectivity index (χ4v) is 1.60. The molecule has 1 N–H and O–H groups in total. The first kappa shape index (κ1) is 14.6. The number of anilines is 3. The summed E-state index contributed by atoms with van der Waals surface area (Å²) < 4.78 is 0. The van der Waals surface area contributed by atoms with Gasteiger partial charge in [-0.2, -0.15) is 4.98 Å². The van der Waals surface area contributed by atoms with Gasteiger partial charge in [-0.3, -0.25) is 4.79 Å². The summed E-state index contributed by atoms with van der Waals surface area (Å²) in [5.41, 5.74) is 0.503. The number of rotatable bonds is 4. The number of nitrogens with zero attached hydrogens (tertiary/aromatic N) is 6. The number of nitrogens with one attached hydrogen (secondary N) is 1. The molecule has 0 saturated carbocycles. The number of aromatic nitrogens is 4. The van der Waals surface area contributed by atoms with Crippen molar-refractivity contribution in [2.24, 2.45) is 0 Å². The highest BCUT2D eigenvalue weighted by Crippen LogP contribution is 2.23. The van der Waals surface area contributed by atoms with Crippen molar-refractivity contribution in [1.82, 2.24) is 19.9 Å². The first-order valence-electron chi connectivity index (χ1n) is 6.29. The number of amides is 1. The minimum atomic E-state index is -0.403. The Balaban J connectivity index is 2.29. The van der Waals surface area contributed by atoms with Gasteiger partial charge < -0.3 is 15.1 Å². The molecule has 0 atom stereocenters. The summed E-state index contributed by atoms with van der Waals surface area (Å²) in [6.45, 7) is 0. The van der Waals surface area contributed by atoms with Gasteiger partial charge >= 0.3 is 0 Å². The molecule has 8 nitrogen and oxygen atoms in total. The Bertz CT molecular complexity index is 628. The maximum Gasteiger partial charge on any atom is 0.293 e. The topological polar surface area (TPSA) is 87.1 Å². The predicted octanol–water partition coefficient (Wildman–Crippen LogP) is 0.651. The first-order chi connectivity index (χ1) is 9.99. The molecule has 0 aliphatic carbocycles. The summed E-state index contributed by atoms with van der Waals surface area (Å²) >= 11 is 0. The number of carbonyl (C=O) groups is 1. The molecule has 8 heteroatoms. The fraction of sp³-hybridized carbons (Fsp3) is 0.308. The van der Waals surface area contributed by atoms with Gasteiger partial charge in [0.05, 0.1) is 6.20 Å². The molecule has 21 heavy (non-hydrogen) atoms. The highest BCUT2D eigenvalue weighted by molar-refractivity contribution is 6.03. The number of hydrogen-bond acceptors (Lipinski definition) is 7. The monoisotopic (exact) mass is 287 g/mol. The zero-order valence-corrected chi connectivity index (χ0v) is 12.4. The van der Waals surface area contributed by atoms with Gasteiger partial charge in [0.25, 0.3) is 5.91 Å². The van der Waals surface area contributed by atoms with Crippen molar-refractivity contribution < 1.29 is 4.79 Å². The van der Waals surface area contributed by atoms with Gasteiger partial charge in [-0.05, 0) is 6.07 Å². The van der Waals surface area contributed by atoms with Crippen LogP contribution in [-0.2, 0) is 0 Å². The Labute approximate surface area is 122 Å². The Morgan fingerprint density at radius 2 is 1.71 bits per heavy atom. The van der Waals surface area contributed by atoms with Gasteiger partial charge in [-0.1, -0.05) is 0 Å². The Kier molecular flexibility index (Phi) is 4.27. The van der Waals surface area contributed by atoms with E-state index in [2.05, 4.69) is 25.3 Å². The van der Waals surface area contributed by atoms with Crippen LogP contribution in [0.15, 0.2) is 24.7 Å². The van der Waals surface area contributed by atoms with Crippen molar-refractivity contribution in [1.29, 1.82) is 0 Å². The van der Waals surface area contributed by atoms with Crippen LogP contribution in [0.25, 0.3) is 0 Å². The molecular formula is C13H17N7O. The molecule has 0 saturated heterocycles. The third-order valence-corrected chi connectivity index (χ3v) is 2.60. The Morgan fingerprint density at radius 3 is 2.29 bits per heavy atom. The minimum Gasteiger partial charge on any atom is -0.361 e. The minimum absolute atomic E-state index is 0.0962. The van der Waals surface area contributed by atoms with E-state index in [4.69, 9.17) is 0 Å². The highest BCUT2D eigenvalue weighted by Gasteiger charge is 2.15. The maximum absolute atomic E-state index is 12.1. The van der Waals surface area contributed by atoms with E-state index in [1.165, 1.54) is 12.4 Å². The molecule has 0 fully saturated rings. The van der Waals surface area contributed by atoms with Gasteiger partial charge in [0.1, 0.15) is 5.69 Å². The molecule has 110 valence electrons. The van der Waals surface area contributed by atoms with Crippen molar-refractivity contribution in [3.05, 3.63) is 30.5 Å². The molecule has 0 bridgehead atoms. The standard InChI is InChI=1S/C13H17N7O/c1-19(2)11-9(8-16-13(18-11)20(3)4)17-12(21)10-14-6-5-7-15-10/h5-8H,1-4H3,(H,17,21). The molecule has 2 rings (SSSR count). The third kappa shape index (κ3) is 3.41. The molecule has 0 aliphatic heterocycles. The molecule has 2 aromatic rings. The van der Waals surface area contributed by atoms with Crippen molar-refractivity contribution in [2.45, 2.75) is 0 Å². The van der Waals surface area contributed by atoms with Crippen LogP contribution in [0, 0.1) is 0 Å². The van der Waals surface area contributed by atoms with Crippen LogP contribution in [0.2, 0.25) is 0 Å². The van der Waals surface area contributed by atoms with E-state index in [0.29, 0.717) is 17.5 Å². The van der Waals surface area contributed by atoms with Crippen molar-refractivity contribution in [3.8, 4) is 0 Å². The van der Waals surface area contributed by atoms with Crippen LogP contribution in [0.1, 0.15) is 10.6 Å². The van der Waals surface area contributed by atoms with Gasteiger partial charge in [-0.25, -0.2) is 15.0 Å².